The molecule has 1 aromatic carbocycles. The SMILES string of the molecule is CSc1ccc(OC2=CCCCC2)cc1C(F)(F)F. The molecule has 1 aliphatic rings. The summed E-state index contributed by atoms with van der Waals surface area (Å²) in [5.74, 6) is 1.04. The van der Waals surface area contributed by atoms with Crippen LogP contribution in [0.5, 0.6) is 5.75 Å². The standard InChI is InChI=1S/C14H15F3OS/c1-19-13-8-7-11(9-12(13)14(15,16)17)18-10-5-3-2-4-6-10/h5,7-9H,2-4,6H2,1H3. The van der Waals surface area contributed by atoms with Crippen molar-refractivity contribution in [2.45, 2.75) is 36.8 Å². The quantitative estimate of drug-likeness (QED) is 0.701. The number of thioether (sulfide) groups is 1. The van der Waals surface area contributed by atoms with E-state index < -0.39 is 11.7 Å². The molecule has 0 unspecified atom stereocenters. The molecule has 1 aromatic rings. The van der Waals surface area contributed by atoms with Crippen molar-refractivity contribution in [3.63, 3.8) is 0 Å². The van der Waals surface area contributed by atoms with Gasteiger partial charge in [-0.3, -0.25) is 0 Å². The van der Waals surface area contributed by atoms with E-state index in [1.165, 1.54) is 6.07 Å². The Bertz CT molecular complexity index is 480. The Balaban J connectivity index is 2.25. The molecular weight excluding hydrogens is 273 g/mol. The first-order valence-corrected chi connectivity index (χ1v) is 7.35. The van der Waals surface area contributed by atoms with Crippen LogP contribution in [-0.4, -0.2) is 6.26 Å². The van der Waals surface area contributed by atoms with E-state index in [0.29, 0.717) is 0 Å². The van der Waals surface area contributed by atoms with Gasteiger partial charge in [0.2, 0.25) is 0 Å². The molecule has 0 fully saturated rings. The lowest BCUT2D eigenvalue weighted by atomic mass is 10.1. The van der Waals surface area contributed by atoms with Crippen LogP contribution in [-0.2, 0) is 6.18 Å². The second kappa shape index (κ2) is 5.90. The average molecular weight is 288 g/mol. The highest BCUT2D eigenvalue weighted by Gasteiger charge is 2.33. The summed E-state index contributed by atoms with van der Waals surface area (Å²) in [4.78, 5) is 0.220. The highest BCUT2D eigenvalue weighted by atomic mass is 32.2. The summed E-state index contributed by atoms with van der Waals surface area (Å²) >= 11 is 1.09. The van der Waals surface area contributed by atoms with Crippen molar-refractivity contribution in [3.8, 4) is 5.75 Å². The van der Waals surface area contributed by atoms with Gasteiger partial charge in [0, 0.05) is 11.3 Å². The van der Waals surface area contributed by atoms with E-state index in [1.54, 1.807) is 12.3 Å². The zero-order valence-electron chi connectivity index (χ0n) is 10.6. The third-order valence-electron chi connectivity index (χ3n) is 2.97. The molecule has 0 atom stereocenters. The Labute approximate surface area is 114 Å². The van der Waals surface area contributed by atoms with Crippen molar-refractivity contribution in [3.05, 3.63) is 35.6 Å². The van der Waals surface area contributed by atoms with Crippen molar-refractivity contribution in [1.82, 2.24) is 0 Å². The van der Waals surface area contributed by atoms with Gasteiger partial charge in [-0.1, -0.05) is 0 Å². The van der Waals surface area contributed by atoms with Gasteiger partial charge in [-0.25, -0.2) is 0 Å². The molecule has 1 aliphatic carbocycles. The molecule has 0 radical (unpaired) electrons. The van der Waals surface area contributed by atoms with E-state index in [1.807, 2.05) is 6.08 Å². The molecule has 0 heterocycles. The zero-order chi connectivity index (χ0) is 13.9. The van der Waals surface area contributed by atoms with Crippen molar-refractivity contribution in [2.75, 3.05) is 6.26 Å². The van der Waals surface area contributed by atoms with Gasteiger partial charge in [-0.05, 0) is 49.8 Å². The Morgan fingerprint density at radius 1 is 1.21 bits per heavy atom. The maximum absolute atomic E-state index is 12.9. The number of ether oxygens (including phenoxy) is 1. The van der Waals surface area contributed by atoms with Gasteiger partial charge in [0.1, 0.15) is 11.5 Å². The molecule has 0 N–H and O–H groups in total. The van der Waals surface area contributed by atoms with E-state index in [4.69, 9.17) is 4.74 Å². The van der Waals surface area contributed by atoms with Crippen LogP contribution >= 0.6 is 11.8 Å². The molecule has 19 heavy (non-hydrogen) atoms. The third-order valence-corrected chi connectivity index (χ3v) is 3.77. The minimum Gasteiger partial charge on any atom is -0.462 e. The maximum Gasteiger partial charge on any atom is 0.417 e. The van der Waals surface area contributed by atoms with E-state index in [2.05, 4.69) is 0 Å². The lowest BCUT2D eigenvalue weighted by Gasteiger charge is -2.16. The van der Waals surface area contributed by atoms with Crippen LogP contribution in [0, 0.1) is 0 Å². The van der Waals surface area contributed by atoms with Crippen LogP contribution in [0.3, 0.4) is 0 Å². The van der Waals surface area contributed by atoms with E-state index in [9.17, 15) is 13.2 Å². The number of halogens is 3. The molecule has 0 bridgehead atoms. The van der Waals surface area contributed by atoms with Crippen LogP contribution in [0.15, 0.2) is 34.9 Å². The van der Waals surface area contributed by atoms with Crippen LogP contribution < -0.4 is 4.74 Å². The van der Waals surface area contributed by atoms with Gasteiger partial charge in [0.05, 0.1) is 5.56 Å². The van der Waals surface area contributed by atoms with Crippen LogP contribution in [0.4, 0.5) is 13.2 Å². The summed E-state index contributed by atoms with van der Waals surface area (Å²) in [7, 11) is 0. The Morgan fingerprint density at radius 2 is 2.00 bits per heavy atom. The summed E-state index contributed by atoms with van der Waals surface area (Å²) in [6.07, 6.45) is 3.12. The van der Waals surface area contributed by atoms with Gasteiger partial charge in [0.15, 0.2) is 0 Å². The first kappa shape index (κ1) is 14.3. The highest BCUT2D eigenvalue weighted by Crippen LogP contribution is 2.38. The molecule has 5 heteroatoms. The normalized spacial score (nSPS) is 16.1. The molecule has 1 nitrogen and oxygen atoms in total. The summed E-state index contributed by atoms with van der Waals surface area (Å²) in [6.45, 7) is 0. The Morgan fingerprint density at radius 3 is 2.58 bits per heavy atom. The zero-order valence-corrected chi connectivity index (χ0v) is 11.4. The van der Waals surface area contributed by atoms with Gasteiger partial charge < -0.3 is 4.74 Å². The fourth-order valence-electron chi connectivity index (χ4n) is 2.02. The number of rotatable bonds is 3. The number of hydrogen-bond donors (Lipinski definition) is 0. The number of allylic oxidation sites excluding steroid dienone is 2. The van der Waals surface area contributed by atoms with Gasteiger partial charge in [-0.15, -0.1) is 11.8 Å². The lowest BCUT2D eigenvalue weighted by Crippen LogP contribution is -2.08. The molecule has 0 spiro atoms. The Hall–Kier alpha value is -1.10. The van der Waals surface area contributed by atoms with Crippen LogP contribution in [0.2, 0.25) is 0 Å². The number of hydrogen-bond acceptors (Lipinski definition) is 2. The molecule has 104 valence electrons. The smallest absolute Gasteiger partial charge is 0.417 e. The predicted molar refractivity (Wildman–Crippen MR) is 70.4 cm³/mol. The molecular formula is C14H15F3OS. The molecule has 0 aliphatic heterocycles. The summed E-state index contributed by atoms with van der Waals surface area (Å²) in [5, 5.41) is 0. The summed E-state index contributed by atoms with van der Waals surface area (Å²) < 4.78 is 44.3. The van der Waals surface area contributed by atoms with Crippen LogP contribution in [0.1, 0.15) is 31.2 Å². The first-order chi connectivity index (χ1) is 9.00. The molecule has 0 saturated heterocycles. The largest absolute Gasteiger partial charge is 0.462 e. The van der Waals surface area contributed by atoms with Crippen molar-refractivity contribution in [1.29, 1.82) is 0 Å². The van der Waals surface area contributed by atoms with Gasteiger partial charge in [0.25, 0.3) is 0 Å². The second-order valence-corrected chi connectivity index (χ2v) is 5.23. The van der Waals surface area contributed by atoms with E-state index >= 15 is 0 Å². The molecule has 0 amide bonds. The van der Waals surface area contributed by atoms with Crippen molar-refractivity contribution < 1.29 is 17.9 Å². The lowest BCUT2D eigenvalue weighted by molar-refractivity contribution is -0.139. The van der Waals surface area contributed by atoms with Crippen molar-refractivity contribution >= 4 is 11.8 Å². The fourth-order valence-corrected chi connectivity index (χ4v) is 2.62. The summed E-state index contributed by atoms with van der Waals surface area (Å²) in [6, 6.07) is 4.14. The molecule has 2 rings (SSSR count). The highest BCUT2D eigenvalue weighted by molar-refractivity contribution is 7.98. The predicted octanol–water partition coefficient (Wildman–Crippen LogP) is 5.26. The number of alkyl halides is 3. The maximum atomic E-state index is 12.9. The molecule has 0 saturated carbocycles. The fraction of sp³-hybridized carbons (Fsp3) is 0.429. The molecule has 0 aromatic heterocycles. The monoisotopic (exact) mass is 288 g/mol. The first-order valence-electron chi connectivity index (χ1n) is 6.13. The second-order valence-electron chi connectivity index (χ2n) is 4.38. The van der Waals surface area contributed by atoms with Gasteiger partial charge in [-0.2, -0.15) is 13.2 Å². The minimum absolute atomic E-state index is 0.220. The van der Waals surface area contributed by atoms with Crippen LogP contribution in [0.25, 0.3) is 0 Å². The summed E-state index contributed by atoms with van der Waals surface area (Å²) in [5.41, 5.74) is -0.631. The minimum atomic E-state index is -4.35. The van der Waals surface area contributed by atoms with E-state index in [0.717, 1.165) is 49.3 Å². The third kappa shape index (κ3) is 3.69. The number of benzene rings is 1. The van der Waals surface area contributed by atoms with E-state index in [-0.39, 0.29) is 10.6 Å². The topological polar surface area (TPSA) is 9.23 Å². The average Bonchev–Trinajstić information content (AvgIpc) is 2.39. The Kier molecular flexibility index (Phi) is 4.45. The van der Waals surface area contributed by atoms with Crippen molar-refractivity contribution in [2.24, 2.45) is 0 Å². The van der Waals surface area contributed by atoms with Gasteiger partial charge >= 0.3 is 6.18 Å².